The number of likely N-dealkylation sites (tertiary alicyclic amines) is 1. The fourth-order valence-corrected chi connectivity index (χ4v) is 2.64. The average molecular weight is 288 g/mol. The lowest BCUT2D eigenvalue weighted by Gasteiger charge is -2.31. The summed E-state index contributed by atoms with van der Waals surface area (Å²) in [5.41, 5.74) is 6.14. The van der Waals surface area contributed by atoms with E-state index in [2.05, 4.69) is 5.32 Å². The first-order valence-corrected chi connectivity index (χ1v) is 6.57. The molecule has 0 radical (unpaired) electrons. The molecule has 1 aliphatic heterocycles. The van der Waals surface area contributed by atoms with Crippen LogP contribution in [0.5, 0.6) is 0 Å². The molecule has 2 amide bonds. The van der Waals surface area contributed by atoms with Crippen LogP contribution in [0.15, 0.2) is 18.2 Å². The Bertz CT molecular complexity index is 425. The molecular weight excluding hydrogens is 273 g/mol. The molecule has 0 spiro atoms. The zero-order valence-electron chi connectivity index (χ0n) is 9.83. The number of carbonyl (C=O) groups excluding carboxylic acids is 1. The summed E-state index contributed by atoms with van der Waals surface area (Å²) in [6, 6.07) is 5.35. The summed E-state index contributed by atoms with van der Waals surface area (Å²) in [4.78, 5) is 12.7. The maximum absolute atomic E-state index is 11.0. The van der Waals surface area contributed by atoms with Crippen molar-refractivity contribution in [3.63, 3.8) is 0 Å². The van der Waals surface area contributed by atoms with Gasteiger partial charge in [0.1, 0.15) is 0 Å². The van der Waals surface area contributed by atoms with Gasteiger partial charge in [-0.05, 0) is 31.0 Å². The minimum absolute atomic E-state index is 0.315. The van der Waals surface area contributed by atoms with E-state index in [1.54, 1.807) is 11.0 Å². The Hall–Kier alpha value is -1.13. The van der Waals surface area contributed by atoms with E-state index in [4.69, 9.17) is 28.9 Å². The molecule has 0 aliphatic carbocycles. The topological polar surface area (TPSA) is 58.4 Å². The number of halogens is 2. The Morgan fingerprint density at radius 2 is 1.78 bits per heavy atom. The Morgan fingerprint density at radius 3 is 2.28 bits per heavy atom. The number of hydrogen-bond acceptors (Lipinski definition) is 2. The fraction of sp³-hybridized carbons (Fsp3) is 0.417. The highest BCUT2D eigenvalue weighted by Crippen LogP contribution is 2.24. The summed E-state index contributed by atoms with van der Waals surface area (Å²) < 4.78 is 0. The number of rotatable bonds is 2. The molecule has 0 atom stereocenters. The summed E-state index contributed by atoms with van der Waals surface area (Å²) >= 11 is 11.9. The highest BCUT2D eigenvalue weighted by Gasteiger charge is 2.21. The molecule has 18 heavy (non-hydrogen) atoms. The predicted molar refractivity (Wildman–Crippen MR) is 74.3 cm³/mol. The number of amides is 2. The van der Waals surface area contributed by atoms with Crippen LogP contribution in [0.1, 0.15) is 12.8 Å². The Labute approximate surface area is 116 Å². The van der Waals surface area contributed by atoms with Gasteiger partial charge >= 0.3 is 6.03 Å². The van der Waals surface area contributed by atoms with Crippen LogP contribution < -0.4 is 11.1 Å². The molecule has 1 aromatic carbocycles. The number of nitrogens with zero attached hydrogens (tertiary/aromatic N) is 1. The van der Waals surface area contributed by atoms with Gasteiger partial charge < -0.3 is 16.0 Å². The van der Waals surface area contributed by atoms with Gasteiger partial charge in [-0.1, -0.05) is 23.2 Å². The van der Waals surface area contributed by atoms with Gasteiger partial charge in [0.05, 0.1) is 0 Å². The second kappa shape index (κ2) is 5.67. The molecule has 98 valence electrons. The molecular formula is C12H15Cl2N3O. The summed E-state index contributed by atoms with van der Waals surface area (Å²) in [5, 5.41) is 4.60. The molecule has 1 heterocycles. The van der Waals surface area contributed by atoms with E-state index in [1.807, 2.05) is 12.1 Å². The van der Waals surface area contributed by atoms with Crippen LogP contribution in [0.2, 0.25) is 10.0 Å². The molecule has 1 fully saturated rings. The number of benzene rings is 1. The fourth-order valence-electron chi connectivity index (χ4n) is 2.12. The van der Waals surface area contributed by atoms with Gasteiger partial charge in [0.2, 0.25) is 0 Å². The van der Waals surface area contributed by atoms with Gasteiger partial charge in [-0.25, -0.2) is 4.79 Å². The summed E-state index contributed by atoms with van der Waals surface area (Å²) in [5.74, 6) is 0. The molecule has 3 N–H and O–H groups in total. The monoisotopic (exact) mass is 287 g/mol. The molecule has 6 heteroatoms. The Morgan fingerprint density at radius 1 is 1.22 bits per heavy atom. The third-order valence-electron chi connectivity index (χ3n) is 3.04. The number of carbonyl (C=O) groups is 1. The maximum atomic E-state index is 11.0. The molecule has 1 aliphatic rings. The third kappa shape index (κ3) is 3.43. The average Bonchev–Trinajstić information content (AvgIpc) is 2.28. The first-order valence-electron chi connectivity index (χ1n) is 5.81. The number of nitrogens with one attached hydrogen (secondary N) is 1. The zero-order valence-corrected chi connectivity index (χ0v) is 11.3. The second-order valence-corrected chi connectivity index (χ2v) is 5.27. The van der Waals surface area contributed by atoms with Crippen LogP contribution in [0.4, 0.5) is 10.5 Å². The van der Waals surface area contributed by atoms with Crippen LogP contribution in [0, 0.1) is 0 Å². The Balaban J connectivity index is 1.93. The van der Waals surface area contributed by atoms with Crippen LogP contribution in [-0.2, 0) is 0 Å². The molecule has 1 saturated heterocycles. The van der Waals surface area contributed by atoms with E-state index in [1.165, 1.54) is 0 Å². The SMILES string of the molecule is NC(=O)N1CCC(Nc2cc(Cl)cc(Cl)c2)CC1. The van der Waals surface area contributed by atoms with Crippen molar-refractivity contribution in [3.8, 4) is 0 Å². The zero-order chi connectivity index (χ0) is 13.1. The lowest BCUT2D eigenvalue weighted by molar-refractivity contribution is 0.193. The third-order valence-corrected chi connectivity index (χ3v) is 3.48. The van der Waals surface area contributed by atoms with Gasteiger partial charge in [0, 0.05) is 34.9 Å². The highest BCUT2D eigenvalue weighted by atomic mass is 35.5. The normalized spacial score (nSPS) is 16.7. The molecule has 2 rings (SSSR count). The Kier molecular flexibility index (Phi) is 4.19. The number of nitrogens with two attached hydrogens (primary N) is 1. The largest absolute Gasteiger partial charge is 0.382 e. The van der Waals surface area contributed by atoms with Gasteiger partial charge in [0.25, 0.3) is 0 Å². The molecule has 4 nitrogen and oxygen atoms in total. The minimum atomic E-state index is -0.348. The maximum Gasteiger partial charge on any atom is 0.314 e. The van der Waals surface area contributed by atoms with E-state index < -0.39 is 0 Å². The lowest BCUT2D eigenvalue weighted by Crippen LogP contribution is -2.44. The summed E-state index contributed by atoms with van der Waals surface area (Å²) in [6.45, 7) is 1.36. The number of anilines is 1. The van der Waals surface area contributed by atoms with Crippen molar-refractivity contribution in [2.75, 3.05) is 18.4 Å². The van der Waals surface area contributed by atoms with E-state index in [0.717, 1.165) is 18.5 Å². The molecule has 0 saturated carbocycles. The second-order valence-electron chi connectivity index (χ2n) is 4.40. The standard InChI is InChI=1S/C12H15Cl2N3O/c13-8-5-9(14)7-11(6-8)16-10-1-3-17(4-2-10)12(15)18/h5-7,10,16H,1-4H2,(H2,15,18). The van der Waals surface area contributed by atoms with Gasteiger partial charge in [-0.2, -0.15) is 0 Å². The number of primary amides is 1. The van der Waals surface area contributed by atoms with Gasteiger partial charge in [0.15, 0.2) is 0 Å². The van der Waals surface area contributed by atoms with Crippen LogP contribution in [0.25, 0.3) is 0 Å². The number of piperidine rings is 1. The van der Waals surface area contributed by atoms with E-state index >= 15 is 0 Å². The van der Waals surface area contributed by atoms with Crippen molar-refractivity contribution in [2.24, 2.45) is 5.73 Å². The molecule has 1 aromatic rings. The quantitative estimate of drug-likeness (QED) is 0.879. The predicted octanol–water partition coefficient (Wildman–Crippen LogP) is 2.95. The first-order chi connectivity index (χ1) is 8.54. The van der Waals surface area contributed by atoms with Crippen molar-refractivity contribution >= 4 is 34.9 Å². The summed E-state index contributed by atoms with van der Waals surface area (Å²) in [7, 11) is 0. The van der Waals surface area contributed by atoms with Crippen LogP contribution in [-0.4, -0.2) is 30.1 Å². The summed E-state index contributed by atoms with van der Waals surface area (Å²) in [6.07, 6.45) is 1.74. The molecule has 0 unspecified atom stereocenters. The van der Waals surface area contributed by atoms with Crippen molar-refractivity contribution < 1.29 is 4.79 Å². The van der Waals surface area contributed by atoms with Gasteiger partial charge in [-0.15, -0.1) is 0 Å². The minimum Gasteiger partial charge on any atom is -0.382 e. The highest BCUT2D eigenvalue weighted by molar-refractivity contribution is 6.35. The number of urea groups is 1. The van der Waals surface area contributed by atoms with Crippen molar-refractivity contribution in [3.05, 3.63) is 28.2 Å². The lowest BCUT2D eigenvalue weighted by atomic mass is 10.0. The van der Waals surface area contributed by atoms with Crippen molar-refractivity contribution in [2.45, 2.75) is 18.9 Å². The van der Waals surface area contributed by atoms with Gasteiger partial charge in [-0.3, -0.25) is 0 Å². The first kappa shape index (κ1) is 13.3. The van der Waals surface area contributed by atoms with Crippen LogP contribution >= 0.6 is 23.2 Å². The van der Waals surface area contributed by atoms with Crippen LogP contribution in [0.3, 0.4) is 0 Å². The molecule has 0 bridgehead atoms. The van der Waals surface area contributed by atoms with E-state index in [-0.39, 0.29) is 6.03 Å². The molecule has 0 aromatic heterocycles. The van der Waals surface area contributed by atoms with E-state index in [9.17, 15) is 4.79 Å². The van der Waals surface area contributed by atoms with Crippen molar-refractivity contribution in [1.82, 2.24) is 4.90 Å². The number of hydrogen-bond donors (Lipinski definition) is 2. The van der Waals surface area contributed by atoms with E-state index in [0.29, 0.717) is 29.2 Å². The van der Waals surface area contributed by atoms with Crippen molar-refractivity contribution in [1.29, 1.82) is 0 Å². The smallest absolute Gasteiger partial charge is 0.314 e.